The van der Waals surface area contributed by atoms with Crippen molar-refractivity contribution in [2.24, 2.45) is 11.5 Å². The molecule has 0 aliphatic rings. The molecule has 6 heteroatoms. The van der Waals surface area contributed by atoms with Crippen LogP contribution in [0, 0.1) is 0 Å². The summed E-state index contributed by atoms with van der Waals surface area (Å²) < 4.78 is 14.9. The van der Waals surface area contributed by atoms with Gasteiger partial charge in [0.25, 0.3) is 0 Å². The fraction of sp³-hybridized carbons (Fsp3) is 1.00. The summed E-state index contributed by atoms with van der Waals surface area (Å²) in [5.41, 5.74) is 10.3. The standard InChI is InChI=1S/C6H14.C4H14N2O3Si/c1-3-5-6-4-2;1-7-10(3,8-2)9-4(5)6/h3-6H2,1-2H3;4H,5-6H2,1-3H3. The van der Waals surface area contributed by atoms with E-state index in [0.29, 0.717) is 0 Å². The Balaban J connectivity index is 0. The molecule has 0 unspecified atom stereocenters. The minimum absolute atomic E-state index is 0.837. The van der Waals surface area contributed by atoms with Gasteiger partial charge >= 0.3 is 8.80 Å². The second-order valence-electron chi connectivity index (χ2n) is 3.56. The fourth-order valence-electron chi connectivity index (χ4n) is 0.927. The van der Waals surface area contributed by atoms with E-state index in [1.165, 1.54) is 39.9 Å². The largest absolute Gasteiger partial charge is 0.499 e. The molecule has 100 valence electrons. The van der Waals surface area contributed by atoms with Gasteiger partial charge in [0.05, 0.1) is 0 Å². The summed E-state index contributed by atoms with van der Waals surface area (Å²) in [6.45, 7) is 6.17. The molecule has 5 nitrogen and oxygen atoms in total. The maximum absolute atomic E-state index is 5.16. The Hall–Kier alpha value is 0.0169. The highest BCUT2D eigenvalue weighted by atomic mass is 28.4. The molecule has 0 aliphatic heterocycles. The Morgan fingerprint density at radius 1 is 1.00 bits per heavy atom. The highest BCUT2D eigenvalue weighted by Crippen LogP contribution is 2.05. The molecule has 0 spiro atoms. The van der Waals surface area contributed by atoms with Crippen LogP contribution in [0.1, 0.15) is 39.5 Å². The van der Waals surface area contributed by atoms with Gasteiger partial charge in [0.2, 0.25) is 0 Å². The molecule has 0 saturated carbocycles. The first-order chi connectivity index (χ1) is 7.45. The first-order valence-corrected chi connectivity index (χ1v) is 7.97. The Kier molecular flexibility index (Phi) is 13.2. The minimum atomic E-state index is -2.51. The Morgan fingerprint density at radius 2 is 1.38 bits per heavy atom. The van der Waals surface area contributed by atoms with E-state index in [9.17, 15) is 0 Å². The molecule has 0 aromatic heterocycles. The smallest absolute Gasteiger partial charge is 0.377 e. The molecule has 0 atom stereocenters. The van der Waals surface area contributed by atoms with Gasteiger partial charge < -0.3 is 13.3 Å². The number of hydrogen-bond donors (Lipinski definition) is 2. The maximum Gasteiger partial charge on any atom is 0.499 e. The Morgan fingerprint density at radius 3 is 1.50 bits per heavy atom. The van der Waals surface area contributed by atoms with Crippen molar-refractivity contribution >= 4 is 8.80 Å². The lowest BCUT2D eigenvalue weighted by molar-refractivity contribution is 0.0667. The van der Waals surface area contributed by atoms with Crippen molar-refractivity contribution in [1.82, 2.24) is 0 Å². The van der Waals surface area contributed by atoms with Gasteiger partial charge in [0, 0.05) is 20.8 Å². The lowest BCUT2D eigenvalue weighted by atomic mass is 10.2. The zero-order chi connectivity index (χ0) is 13.0. The molecule has 0 radical (unpaired) electrons. The van der Waals surface area contributed by atoms with E-state index in [4.69, 9.17) is 24.7 Å². The summed E-state index contributed by atoms with van der Waals surface area (Å²) in [6, 6.07) is 0. The number of rotatable bonds is 7. The zero-order valence-corrected chi connectivity index (χ0v) is 12.3. The second kappa shape index (κ2) is 11.5. The maximum atomic E-state index is 5.16. The molecule has 4 N–H and O–H groups in total. The van der Waals surface area contributed by atoms with Crippen molar-refractivity contribution in [3.63, 3.8) is 0 Å². The third kappa shape index (κ3) is 12.1. The molecule has 0 amide bonds. The van der Waals surface area contributed by atoms with Crippen LogP contribution in [-0.2, 0) is 13.3 Å². The third-order valence-corrected chi connectivity index (χ3v) is 4.23. The molecule has 0 fully saturated rings. The van der Waals surface area contributed by atoms with Gasteiger partial charge in [-0.25, -0.2) is 0 Å². The van der Waals surface area contributed by atoms with Crippen LogP contribution in [0.5, 0.6) is 0 Å². The highest BCUT2D eigenvalue weighted by molar-refractivity contribution is 6.59. The molecule has 0 aliphatic carbocycles. The predicted octanol–water partition coefficient (Wildman–Crippen LogP) is 1.65. The Bertz CT molecular complexity index is 140. The van der Waals surface area contributed by atoms with Crippen LogP contribution in [0.25, 0.3) is 0 Å². The highest BCUT2D eigenvalue weighted by Gasteiger charge is 2.33. The molecule has 0 heterocycles. The normalized spacial score (nSPS) is 11.2. The van der Waals surface area contributed by atoms with E-state index >= 15 is 0 Å². The van der Waals surface area contributed by atoms with Gasteiger partial charge in [0.1, 0.15) is 0 Å². The first-order valence-electron chi connectivity index (χ1n) is 5.75. The van der Waals surface area contributed by atoms with Gasteiger partial charge in [-0.15, -0.1) is 0 Å². The molecule has 0 aromatic carbocycles. The molecular formula is C10H28N2O3Si. The lowest BCUT2D eigenvalue weighted by Gasteiger charge is -2.23. The molecule has 0 aromatic rings. The lowest BCUT2D eigenvalue weighted by Crippen LogP contribution is -2.49. The minimum Gasteiger partial charge on any atom is -0.377 e. The van der Waals surface area contributed by atoms with Crippen molar-refractivity contribution in [3.05, 3.63) is 0 Å². The van der Waals surface area contributed by atoms with Crippen molar-refractivity contribution in [1.29, 1.82) is 0 Å². The molecule has 0 rings (SSSR count). The van der Waals surface area contributed by atoms with Crippen LogP contribution in [0.2, 0.25) is 6.55 Å². The van der Waals surface area contributed by atoms with Crippen LogP contribution in [0.15, 0.2) is 0 Å². The quantitative estimate of drug-likeness (QED) is 0.409. The van der Waals surface area contributed by atoms with E-state index in [2.05, 4.69) is 13.8 Å². The van der Waals surface area contributed by atoms with E-state index in [1.54, 1.807) is 6.55 Å². The van der Waals surface area contributed by atoms with E-state index in [1.807, 2.05) is 0 Å². The molecule has 16 heavy (non-hydrogen) atoms. The van der Waals surface area contributed by atoms with E-state index in [-0.39, 0.29) is 0 Å². The van der Waals surface area contributed by atoms with E-state index in [0.717, 1.165) is 0 Å². The van der Waals surface area contributed by atoms with E-state index < -0.39 is 15.2 Å². The Labute approximate surface area is 101 Å². The van der Waals surface area contributed by atoms with Gasteiger partial charge in [-0.1, -0.05) is 39.5 Å². The third-order valence-electron chi connectivity index (χ3n) is 2.05. The summed E-state index contributed by atoms with van der Waals surface area (Å²) in [4.78, 5) is 0. The topological polar surface area (TPSA) is 79.7 Å². The van der Waals surface area contributed by atoms with Gasteiger partial charge in [-0.2, -0.15) is 0 Å². The van der Waals surface area contributed by atoms with Crippen molar-refractivity contribution < 1.29 is 13.3 Å². The summed E-state index contributed by atoms with van der Waals surface area (Å²) in [7, 11) is 0.486. The molecule has 0 saturated heterocycles. The van der Waals surface area contributed by atoms with Crippen LogP contribution in [0.3, 0.4) is 0 Å². The summed E-state index contributed by atoms with van der Waals surface area (Å²) in [6.07, 6.45) is 4.70. The van der Waals surface area contributed by atoms with Gasteiger partial charge in [-0.3, -0.25) is 11.5 Å². The number of nitrogens with two attached hydrogens (primary N) is 2. The fourth-order valence-corrected chi connectivity index (χ4v) is 1.78. The zero-order valence-electron chi connectivity index (χ0n) is 11.3. The predicted molar refractivity (Wildman–Crippen MR) is 68.7 cm³/mol. The van der Waals surface area contributed by atoms with Crippen LogP contribution in [-0.4, -0.2) is 29.4 Å². The average molecular weight is 252 g/mol. The van der Waals surface area contributed by atoms with Crippen LogP contribution < -0.4 is 11.5 Å². The SMILES string of the molecule is CCCCCC.CO[Si](C)(OC)OC(N)N. The van der Waals surface area contributed by atoms with Crippen molar-refractivity contribution in [2.75, 3.05) is 14.2 Å². The second-order valence-corrected chi connectivity index (χ2v) is 6.34. The van der Waals surface area contributed by atoms with Gasteiger partial charge in [0.15, 0.2) is 6.35 Å². The van der Waals surface area contributed by atoms with Crippen molar-refractivity contribution in [2.45, 2.75) is 52.4 Å². The first kappa shape index (κ1) is 18.4. The van der Waals surface area contributed by atoms with Crippen molar-refractivity contribution in [3.8, 4) is 0 Å². The summed E-state index contributed by atoms with van der Waals surface area (Å²) in [5, 5.41) is 0. The van der Waals surface area contributed by atoms with Crippen LogP contribution in [0.4, 0.5) is 0 Å². The molecular weight excluding hydrogens is 224 g/mol. The number of hydrogen-bond acceptors (Lipinski definition) is 5. The number of unbranched alkanes of at least 4 members (excludes halogenated alkanes) is 3. The summed E-state index contributed by atoms with van der Waals surface area (Å²) in [5.74, 6) is 0. The monoisotopic (exact) mass is 252 g/mol. The van der Waals surface area contributed by atoms with Crippen LogP contribution >= 0.6 is 0 Å². The molecule has 0 bridgehead atoms. The summed E-state index contributed by atoms with van der Waals surface area (Å²) >= 11 is 0. The van der Waals surface area contributed by atoms with Gasteiger partial charge in [-0.05, 0) is 0 Å². The average Bonchev–Trinajstić information content (AvgIpc) is 2.26.